The fraction of sp³-hybridized carbons (Fsp3) is 0.400. The molecule has 0 saturated heterocycles. The minimum absolute atomic E-state index is 0.0512. The lowest BCUT2D eigenvalue weighted by Gasteiger charge is -2.51. The van der Waals surface area contributed by atoms with Crippen LogP contribution in [0.2, 0.25) is 0 Å². The highest BCUT2D eigenvalue weighted by Crippen LogP contribution is 2.34. The van der Waals surface area contributed by atoms with Crippen molar-refractivity contribution in [1.82, 2.24) is 4.81 Å². The van der Waals surface area contributed by atoms with Gasteiger partial charge in [-0.05, 0) is 32.2 Å². The summed E-state index contributed by atoms with van der Waals surface area (Å²) in [5.74, 6) is 2.28. The maximum absolute atomic E-state index is 2.47. The molecule has 3 heteroatoms. The molecule has 0 spiro atoms. The smallest absolute Gasteiger partial charge is 0.396 e. The van der Waals surface area contributed by atoms with Gasteiger partial charge in [-0.25, -0.2) is 4.57 Å². The SMILES string of the molecule is CC1(C)N2C=CC=CB2c2cccc[n+]2C1(C)C. The molecular formula is C15H20BN2+. The number of rotatable bonds is 0. The lowest BCUT2D eigenvalue weighted by atomic mass is 9.50. The first-order valence-corrected chi connectivity index (χ1v) is 6.61. The number of nitrogens with zero attached hydrogens (tertiary/aromatic N) is 2. The molecule has 0 atom stereocenters. The Morgan fingerprint density at radius 1 is 1.11 bits per heavy atom. The van der Waals surface area contributed by atoms with Gasteiger partial charge in [0.2, 0.25) is 0 Å². The largest absolute Gasteiger partial charge is 0.398 e. The second-order valence-electron chi connectivity index (χ2n) is 6.19. The van der Waals surface area contributed by atoms with Crippen molar-refractivity contribution in [3.8, 4) is 0 Å². The van der Waals surface area contributed by atoms with Crippen LogP contribution in [0.25, 0.3) is 0 Å². The molecule has 0 saturated carbocycles. The van der Waals surface area contributed by atoms with Gasteiger partial charge in [-0.1, -0.05) is 18.1 Å². The van der Waals surface area contributed by atoms with Crippen LogP contribution in [-0.2, 0) is 5.54 Å². The first-order chi connectivity index (χ1) is 8.46. The second-order valence-corrected chi connectivity index (χ2v) is 6.19. The van der Waals surface area contributed by atoms with Gasteiger partial charge in [-0.3, -0.25) is 0 Å². The normalized spacial score (nSPS) is 22.7. The van der Waals surface area contributed by atoms with Crippen LogP contribution in [0, 0.1) is 0 Å². The molecule has 0 amide bonds. The molecule has 0 bridgehead atoms. The third-order valence-electron chi connectivity index (χ3n) is 4.89. The van der Waals surface area contributed by atoms with Crippen LogP contribution in [0.3, 0.4) is 0 Å². The Kier molecular flexibility index (Phi) is 2.25. The van der Waals surface area contributed by atoms with Gasteiger partial charge in [0.15, 0.2) is 17.3 Å². The quantitative estimate of drug-likeness (QED) is 0.493. The van der Waals surface area contributed by atoms with Gasteiger partial charge < -0.3 is 4.81 Å². The molecule has 1 aromatic rings. The number of hydrogen-bond donors (Lipinski definition) is 0. The Morgan fingerprint density at radius 2 is 1.89 bits per heavy atom. The summed E-state index contributed by atoms with van der Waals surface area (Å²) in [6.07, 6.45) is 8.71. The fourth-order valence-electron chi connectivity index (χ4n) is 3.09. The number of allylic oxidation sites excluding steroid dienone is 2. The Balaban J connectivity index is 2.28. The van der Waals surface area contributed by atoms with E-state index < -0.39 is 0 Å². The van der Waals surface area contributed by atoms with E-state index in [1.54, 1.807) is 0 Å². The summed E-state index contributed by atoms with van der Waals surface area (Å²) in [4.78, 5) is 2.47. The Bertz CT molecular complexity index is 543. The highest BCUT2D eigenvalue weighted by Gasteiger charge is 2.57. The monoisotopic (exact) mass is 239 g/mol. The van der Waals surface area contributed by atoms with Crippen molar-refractivity contribution in [3.05, 3.63) is 48.7 Å². The summed E-state index contributed by atoms with van der Waals surface area (Å²) in [6.45, 7) is 9.63. The van der Waals surface area contributed by atoms with Crippen LogP contribution in [0.15, 0.2) is 48.7 Å². The molecule has 1 aromatic heterocycles. The minimum atomic E-state index is 0.0512. The van der Waals surface area contributed by atoms with Gasteiger partial charge in [-0.15, -0.1) is 0 Å². The standard InChI is InChI=1S/C15H20BN2/c1-14(2)15(3,4)18-12-8-6-10-16(18)13-9-5-7-11-17(13)14/h5-12H,1-4H3/q+1. The fourth-order valence-corrected chi connectivity index (χ4v) is 3.09. The van der Waals surface area contributed by atoms with E-state index in [1.165, 1.54) is 5.59 Å². The van der Waals surface area contributed by atoms with Crippen LogP contribution in [0.5, 0.6) is 0 Å². The van der Waals surface area contributed by atoms with Crippen molar-refractivity contribution in [2.45, 2.75) is 38.8 Å². The molecule has 92 valence electrons. The van der Waals surface area contributed by atoms with E-state index in [0.29, 0.717) is 6.85 Å². The van der Waals surface area contributed by atoms with Gasteiger partial charge in [0.1, 0.15) is 0 Å². The average molecular weight is 239 g/mol. The second kappa shape index (κ2) is 3.50. The van der Waals surface area contributed by atoms with Gasteiger partial charge in [0.25, 0.3) is 0 Å². The lowest BCUT2D eigenvalue weighted by Crippen LogP contribution is -2.83. The topological polar surface area (TPSA) is 7.12 Å². The third-order valence-corrected chi connectivity index (χ3v) is 4.89. The highest BCUT2D eigenvalue weighted by atomic mass is 15.2. The molecule has 0 unspecified atom stereocenters. The van der Waals surface area contributed by atoms with Crippen molar-refractivity contribution >= 4 is 12.4 Å². The zero-order chi connectivity index (χ0) is 13.0. The summed E-state index contributed by atoms with van der Waals surface area (Å²) in [7, 11) is 0. The van der Waals surface area contributed by atoms with Gasteiger partial charge in [-0.2, -0.15) is 0 Å². The van der Waals surface area contributed by atoms with E-state index in [2.05, 4.69) is 85.8 Å². The Morgan fingerprint density at radius 3 is 2.67 bits per heavy atom. The predicted octanol–water partition coefficient (Wildman–Crippen LogP) is 1.62. The first-order valence-electron chi connectivity index (χ1n) is 6.61. The molecule has 18 heavy (non-hydrogen) atoms. The highest BCUT2D eigenvalue weighted by molar-refractivity contribution is 6.74. The third kappa shape index (κ3) is 1.28. The predicted molar refractivity (Wildman–Crippen MR) is 75.5 cm³/mol. The molecule has 2 aliphatic heterocycles. The van der Waals surface area contributed by atoms with E-state index in [-0.39, 0.29) is 11.1 Å². The Labute approximate surface area is 110 Å². The molecule has 0 N–H and O–H groups in total. The van der Waals surface area contributed by atoms with E-state index in [1.807, 2.05) is 0 Å². The molecule has 0 aliphatic carbocycles. The minimum Gasteiger partial charge on any atom is -0.398 e. The summed E-state index contributed by atoms with van der Waals surface area (Å²) in [5.41, 5.74) is 1.48. The number of fused-ring (bicyclic) bond motifs is 3. The van der Waals surface area contributed by atoms with Crippen molar-refractivity contribution < 1.29 is 4.57 Å². The molecule has 0 aromatic carbocycles. The zero-order valence-electron chi connectivity index (χ0n) is 11.6. The summed E-state index contributed by atoms with van der Waals surface area (Å²) in [6, 6.07) is 6.49. The zero-order valence-corrected chi connectivity index (χ0v) is 11.6. The average Bonchev–Trinajstić information content (AvgIpc) is 2.37. The van der Waals surface area contributed by atoms with Crippen LogP contribution in [0.4, 0.5) is 0 Å². The van der Waals surface area contributed by atoms with Crippen molar-refractivity contribution in [2.75, 3.05) is 0 Å². The molecular weight excluding hydrogens is 219 g/mol. The van der Waals surface area contributed by atoms with Gasteiger partial charge >= 0.3 is 6.85 Å². The van der Waals surface area contributed by atoms with E-state index in [9.17, 15) is 0 Å². The summed E-state index contributed by atoms with van der Waals surface area (Å²) in [5, 5.41) is 0. The van der Waals surface area contributed by atoms with E-state index in [0.717, 1.165) is 0 Å². The number of aromatic nitrogens is 1. The van der Waals surface area contributed by atoms with E-state index >= 15 is 0 Å². The van der Waals surface area contributed by atoms with Crippen LogP contribution >= 0.6 is 0 Å². The molecule has 3 rings (SSSR count). The van der Waals surface area contributed by atoms with Crippen molar-refractivity contribution in [2.24, 2.45) is 0 Å². The Hall–Kier alpha value is -1.51. The van der Waals surface area contributed by atoms with Crippen LogP contribution < -0.4 is 10.2 Å². The molecule has 2 aliphatic rings. The van der Waals surface area contributed by atoms with Crippen LogP contribution in [-0.4, -0.2) is 17.2 Å². The molecule has 3 heterocycles. The number of hydrogen-bond acceptors (Lipinski definition) is 1. The maximum atomic E-state index is 2.47. The molecule has 0 fully saturated rings. The maximum Gasteiger partial charge on any atom is 0.396 e. The summed E-state index contributed by atoms with van der Waals surface area (Å²) < 4.78 is 2.43. The lowest BCUT2D eigenvalue weighted by molar-refractivity contribution is -0.757. The molecule has 0 radical (unpaired) electrons. The first kappa shape index (κ1) is 11.6. The van der Waals surface area contributed by atoms with Gasteiger partial charge in [0.05, 0.1) is 5.54 Å². The summed E-state index contributed by atoms with van der Waals surface area (Å²) >= 11 is 0. The van der Waals surface area contributed by atoms with E-state index in [4.69, 9.17) is 0 Å². The van der Waals surface area contributed by atoms with Crippen LogP contribution in [0.1, 0.15) is 27.7 Å². The number of pyridine rings is 1. The van der Waals surface area contributed by atoms with Crippen molar-refractivity contribution in [3.63, 3.8) is 0 Å². The van der Waals surface area contributed by atoms with Crippen molar-refractivity contribution in [1.29, 1.82) is 0 Å². The van der Waals surface area contributed by atoms with Gasteiger partial charge in [0, 0.05) is 19.9 Å². The molecule has 2 nitrogen and oxygen atoms in total.